The Kier molecular flexibility index (Phi) is 4.34. The monoisotopic (exact) mass is 142 g/mol. The highest BCUT2D eigenvalue weighted by Crippen LogP contribution is 1.84. The van der Waals surface area contributed by atoms with E-state index in [1.807, 2.05) is 19.8 Å². The van der Waals surface area contributed by atoms with Crippen molar-refractivity contribution < 1.29 is 14.6 Å². The quantitative estimate of drug-likeness (QED) is 0.571. The number of carboxylic acid groups (broad SMARTS) is 1. The van der Waals surface area contributed by atoms with Gasteiger partial charge in [-0.05, 0) is 13.8 Å². The fourth-order valence-corrected chi connectivity index (χ4v) is 0.320. The highest BCUT2D eigenvalue weighted by atomic mass is 16.5. The average molecular weight is 142 g/mol. The van der Waals surface area contributed by atoms with E-state index in [1.54, 1.807) is 0 Å². The molecule has 0 radical (unpaired) electrons. The van der Waals surface area contributed by atoms with Crippen LogP contribution >= 0.6 is 0 Å². The first-order valence-electron chi connectivity index (χ1n) is 2.96. The third-order valence-corrected chi connectivity index (χ3v) is 0.684. The number of carbonyl (C=O) groups is 1. The van der Waals surface area contributed by atoms with Gasteiger partial charge in [-0.2, -0.15) is 0 Å². The van der Waals surface area contributed by atoms with E-state index in [2.05, 4.69) is 5.92 Å². The lowest BCUT2D eigenvalue weighted by atomic mass is 10.5. The minimum absolute atomic E-state index is 0.100. The van der Waals surface area contributed by atoms with Gasteiger partial charge in [-0.15, -0.1) is 0 Å². The van der Waals surface area contributed by atoms with Crippen LogP contribution in [-0.2, 0) is 9.53 Å². The predicted molar refractivity (Wildman–Crippen MR) is 36.5 cm³/mol. The Balaban J connectivity index is 3.38. The van der Waals surface area contributed by atoms with Crippen molar-refractivity contribution in [3.05, 3.63) is 0 Å². The number of rotatable bonds is 2. The summed E-state index contributed by atoms with van der Waals surface area (Å²) in [6.07, 6.45) is 0.100. The highest BCUT2D eigenvalue weighted by molar-refractivity contribution is 5.86. The van der Waals surface area contributed by atoms with E-state index in [-0.39, 0.29) is 12.7 Å². The van der Waals surface area contributed by atoms with Gasteiger partial charge in [0.2, 0.25) is 0 Å². The maximum absolute atomic E-state index is 9.81. The molecule has 0 aromatic rings. The van der Waals surface area contributed by atoms with Crippen LogP contribution < -0.4 is 0 Å². The van der Waals surface area contributed by atoms with Crippen LogP contribution in [0.5, 0.6) is 0 Å². The summed E-state index contributed by atoms with van der Waals surface area (Å²) in [5.74, 6) is 3.17. The van der Waals surface area contributed by atoms with Gasteiger partial charge in [-0.25, -0.2) is 4.79 Å². The minimum Gasteiger partial charge on any atom is -0.472 e. The maximum Gasteiger partial charge on any atom is 0.381 e. The zero-order valence-corrected chi connectivity index (χ0v) is 6.05. The van der Waals surface area contributed by atoms with Crippen LogP contribution in [0.25, 0.3) is 0 Å². The molecule has 0 rings (SSSR count). The van der Waals surface area contributed by atoms with Gasteiger partial charge in [0.25, 0.3) is 0 Å². The summed E-state index contributed by atoms with van der Waals surface area (Å²) in [5.41, 5.74) is 0. The molecule has 0 aliphatic rings. The van der Waals surface area contributed by atoms with Crippen LogP contribution in [0.15, 0.2) is 0 Å². The van der Waals surface area contributed by atoms with Gasteiger partial charge in [-0.3, -0.25) is 0 Å². The molecule has 3 nitrogen and oxygen atoms in total. The lowest BCUT2D eigenvalue weighted by molar-refractivity contribution is -0.130. The second-order valence-electron chi connectivity index (χ2n) is 1.97. The summed E-state index contributed by atoms with van der Waals surface area (Å²) in [4.78, 5) is 9.81. The lowest BCUT2D eigenvalue weighted by Crippen LogP contribution is -2.02. The second kappa shape index (κ2) is 4.83. The molecule has 0 aliphatic carbocycles. The molecule has 0 aliphatic heterocycles. The van der Waals surface area contributed by atoms with Crippen molar-refractivity contribution in [2.45, 2.75) is 20.0 Å². The van der Waals surface area contributed by atoms with Crippen LogP contribution in [0.2, 0.25) is 0 Å². The first-order valence-corrected chi connectivity index (χ1v) is 2.96. The SMILES string of the molecule is CC(C)OCC#CC(=O)O. The van der Waals surface area contributed by atoms with Gasteiger partial charge in [0.1, 0.15) is 6.61 Å². The molecule has 0 amide bonds. The first-order chi connectivity index (χ1) is 4.63. The van der Waals surface area contributed by atoms with E-state index in [0.29, 0.717) is 0 Å². The second-order valence-corrected chi connectivity index (χ2v) is 1.97. The van der Waals surface area contributed by atoms with Gasteiger partial charge < -0.3 is 9.84 Å². The molecule has 0 heterocycles. The van der Waals surface area contributed by atoms with Crippen molar-refractivity contribution >= 4 is 5.97 Å². The number of carboxylic acids is 1. The van der Waals surface area contributed by atoms with E-state index in [9.17, 15) is 4.79 Å². The van der Waals surface area contributed by atoms with Crippen molar-refractivity contribution in [2.75, 3.05) is 6.61 Å². The van der Waals surface area contributed by atoms with Crippen molar-refractivity contribution in [1.82, 2.24) is 0 Å². The fourth-order valence-electron chi connectivity index (χ4n) is 0.320. The molecule has 0 atom stereocenters. The fraction of sp³-hybridized carbons (Fsp3) is 0.571. The van der Waals surface area contributed by atoms with Crippen molar-refractivity contribution in [3.8, 4) is 11.8 Å². The number of hydrogen-bond donors (Lipinski definition) is 1. The molecule has 10 heavy (non-hydrogen) atoms. The van der Waals surface area contributed by atoms with Gasteiger partial charge in [0, 0.05) is 5.92 Å². The van der Waals surface area contributed by atoms with E-state index in [4.69, 9.17) is 9.84 Å². The molecule has 0 saturated carbocycles. The third kappa shape index (κ3) is 6.99. The molecule has 0 aromatic carbocycles. The lowest BCUT2D eigenvalue weighted by Gasteiger charge is -2.00. The van der Waals surface area contributed by atoms with E-state index in [0.717, 1.165) is 0 Å². The minimum atomic E-state index is -1.12. The Morgan fingerprint density at radius 2 is 2.30 bits per heavy atom. The largest absolute Gasteiger partial charge is 0.472 e. The molecular weight excluding hydrogens is 132 g/mol. The topological polar surface area (TPSA) is 46.5 Å². The summed E-state index contributed by atoms with van der Waals surface area (Å²) in [5, 5.41) is 8.05. The Hall–Kier alpha value is -1.01. The summed E-state index contributed by atoms with van der Waals surface area (Å²) in [6.45, 7) is 3.91. The Bertz CT molecular complexity index is 161. The van der Waals surface area contributed by atoms with Crippen molar-refractivity contribution in [3.63, 3.8) is 0 Å². The van der Waals surface area contributed by atoms with Crippen LogP contribution in [0.1, 0.15) is 13.8 Å². The summed E-state index contributed by atoms with van der Waals surface area (Å²) < 4.78 is 4.96. The molecular formula is C7H10O3. The van der Waals surface area contributed by atoms with Crippen LogP contribution in [-0.4, -0.2) is 23.8 Å². The zero-order valence-electron chi connectivity index (χ0n) is 6.05. The Morgan fingerprint density at radius 1 is 1.70 bits per heavy atom. The van der Waals surface area contributed by atoms with Crippen molar-refractivity contribution in [1.29, 1.82) is 0 Å². The normalized spacial score (nSPS) is 8.70. The van der Waals surface area contributed by atoms with Crippen LogP contribution in [0, 0.1) is 11.8 Å². The van der Waals surface area contributed by atoms with Crippen LogP contribution in [0.4, 0.5) is 0 Å². The van der Waals surface area contributed by atoms with Gasteiger partial charge >= 0.3 is 5.97 Å². The van der Waals surface area contributed by atoms with Crippen LogP contribution in [0.3, 0.4) is 0 Å². The van der Waals surface area contributed by atoms with E-state index < -0.39 is 5.97 Å². The molecule has 3 heteroatoms. The summed E-state index contributed by atoms with van der Waals surface area (Å²) in [7, 11) is 0. The molecule has 0 aromatic heterocycles. The Labute approximate surface area is 60.0 Å². The van der Waals surface area contributed by atoms with Crippen molar-refractivity contribution in [2.24, 2.45) is 0 Å². The maximum atomic E-state index is 9.81. The Morgan fingerprint density at radius 3 is 2.70 bits per heavy atom. The molecule has 56 valence electrons. The average Bonchev–Trinajstić information content (AvgIpc) is 1.79. The smallest absolute Gasteiger partial charge is 0.381 e. The highest BCUT2D eigenvalue weighted by Gasteiger charge is 1.88. The molecule has 0 unspecified atom stereocenters. The van der Waals surface area contributed by atoms with Gasteiger partial charge in [0.05, 0.1) is 6.10 Å². The summed E-state index contributed by atoms with van der Waals surface area (Å²) >= 11 is 0. The molecule has 0 bridgehead atoms. The predicted octanol–water partition coefficient (Wildman–Crippen LogP) is 0.499. The van der Waals surface area contributed by atoms with Gasteiger partial charge in [0.15, 0.2) is 0 Å². The number of aliphatic carboxylic acids is 1. The van der Waals surface area contributed by atoms with Gasteiger partial charge in [-0.1, -0.05) is 5.92 Å². The molecule has 1 N–H and O–H groups in total. The zero-order chi connectivity index (χ0) is 7.98. The molecule has 0 spiro atoms. The standard InChI is InChI=1S/C7H10O3/c1-6(2)10-5-3-4-7(8)9/h6H,5H2,1-2H3,(H,8,9). The third-order valence-electron chi connectivity index (χ3n) is 0.684. The summed E-state index contributed by atoms with van der Waals surface area (Å²) in [6, 6.07) is 0. The number of hydrogen-bond acceptors (Lipinski definition) is 2. The van der Waals surface area contributed by atoms with E-state index in [1.165, 1.54) is 0 Å². The van der Waals surface area contributed by atoms with E-state index >= 15 is 0 Å². The first kappa shape index (κ1) is 8.99. The molecule has 0 fully saturated rings. The number of ether oxygens (including phenoxy) is 1. The molecule has 0 saturated heterocycles.